The van der Waals surface area contributed by atoms with Gasteiger partial charge in [-0.05, 0) is 57.5 Å². The van der Waals surface area contributed by atoms with E-state index in [2.05, 4.69) is 5.32 Å². The molecule has 0 fully saturated rings. The van der Waals surface area contributed by atoms with Gasteiger partial charge in [0.25, 0.3) is 0 Å². The Labute approximate surface area is 171 Å². The quantitative estimate of drug-likeness (QED) is 0.697. The number of nitrogens with one attached hydrogen (secondary N) is 1. The number of ether oxygens (including phenoxy) is 1. The Hall–Kier alpha value is -2.87. The summed E-state index contributed by atoms with van der Waals surface area (Å²) in [7, 11) is -3.71. The third kappa shape index (κ3) is 5.57. The molecule has 0 saturated heterocycles. The van der Waals surface area contributed by atoms with E-state index in [4.69, 9.17) is 4.74 Å². The number of rotatable bonds is 7. The Balaban J connectivity index is 2.31. The third-order valence-electron chi connectivity index (χ3n) is 4.38. The minimum Gasteiger partial charge on any atom is -0.462 e. The SMILES string of the molecule is CCOC(=O)c1ccc(C)c(NC(=O)[C@@H](C)N(c2ccc(C)cc2)S(C)(=O)=O)c1. The van der Waals surface area contributed by atoms with Crippen LogP contribution in [0.25, 0.3) is 0 Å². The van der Waals surface area contributed by atoms with Gasteiger partial charge in [0.2, 0.25) is 15.9 Å². The van der Waals surface area contributed by atoms with Gasteiger partial charge >= 0.3 is 5.97 Å². The van der Waals surface area contributed by atoms with Crippen LogP contribution in [0.3, 0.4) is 0 Å². The fourth-order valence-corrected chi connectivity index (χ4v) is 4.01. The van der Waals surface area contributed by atoms with Crippen LogP contribution in [-0.4, -0.2) is 39.2 Å². The van der Waals surface area contributed by atoms with Crippen LogP contribution in [0, 0.1) is 13.8 Å². The van der Waals surface area contributed by atoms with Gasteiger partial charge in [-0.2, -0.15) is 0 Å². The van der Waals surface area contributed by atoms with Gasteiger partial charge in [0.05, 0.1) is 24.1 Å². The van der Waals surface area contributed by atoms with Gasteiger partial charge in [0.1, 0.15) is 6.04 Å². The molecule has 29 heavy (non-hydrogen) atoms. The van der Waals surface area contributed by atoms with Crippen molar-refractivity contribution in [3.63, 3.8) is 0 Å². The maximum absolute atomic E-state index is 12.9. The lowest BCUT2D eigenvalue weighted by Gasteiger charge is -2.28. The van der Waals surface area contributed by atoms with Crippen LogP contribution < -0.4 is 9.62 Å². The highest BCUT2D eigenvalue weighted by molar-refractivity contribution is 7.92. The number of aryl methyl sites for hydroxylation is 2. The first-order valence-corrected chi connectivity index (χ1v) is 11.0. The molecule has 1 atom stereocenters. The minimum atomic E-state index is -3.71. The number of hydrogen-bond donors (Lipinski definition) is 1. The van der Waals surface area contributed by atoms with Crippen molar-refractivity contribution in [3.8, 4) is 0 Å². The van der Waals surface area contributed by atoms with Gasteiger partial charge in [-0.1, -0.05) is 23.8 Å². The second-order valence-corrected chi connectivity index (χ2v) is 8.67. The highest BCUT2D eigenvalue weighted by atomic mass is 32.2. The lowest BCUT2D eigenvalue weighted by atomic mass is 10.1. The Morgan fingerprint density at radius 3 is 2.28 bits per heavy atom. The summed E-state index contributed by atoms with van der Waals surface area (Å²) in [6.45, 7) is 7.14. The number of anilines is 2. The molecule has 0 aliphatic heterocycles. The van der Waals surface area contributed by atoms with Crippen molar-refractivity contribution in [3.05, 3.63) is 59.2 Å². The van der Waals surface area contributed by atoms with Crippen molar-refractivity contribution in [1.29, 1.82) is 0 Å². The first-order valence-electron chi connectivity index (χ1n) is 9.19. The van der Waals surface area contributed by atoms with E-state index in [9.17, 15) is 18.0 Å². The van der Waals surface area contributed by atoms with E-state index < -0.39 is 27.9 Å². The van der Waals surface area contributed by atoms with E-state index in [1.807, 2.05) is 6.92 Å². The Morgan fingerprint density at radius 1 is 1.10 bits per heavy atom. The van der Waals surface area contributed by atoms with Crippen LogP contribution in [-0.2, 0) is 19.6 Å². The van der Waals surface area contributed by atoms with Crippen molar-refractivity contribution >= 4 is 33.3 Å². The minimum absolute atomic E-state index is 0.241. The molecule has 0 bridgehead atoms. The molecule has 0 aliphatic rings. The number of hydrogen-bond acceptors (Lipinski definition) is 5. The molecule has 2 rings (SSSR count). The summed E-state index contributed by atoms with van der Waals surface area (Å²) < 4.78 is 30.8. The predicted molar refractivity (Wildman–Crippen MR) is 114 cm³/mol. The molecule has 1 N–H and O–H groups in total. The zero-order valence-corrected chi connectivity index (χ0v) is 18.0. The smallest absolute Gasteiger partial charge is 0.338 e. The number of nitrogens with zero attached hydrogens (tertiary/aromatic N) is 1. The number of sulfonamides is 1. The Kier molecular flexibility index (Phi) is 7.02. The number of benzene rings is 2. The van der Waals surface area contributed by atoms with Crippen LogP contribution in [0.1, 0.15) is 35.3 Å². The van der Waals surface area contributed by atoms with E-state index in [1.54, 1.807) is 50.2 Å². The molecule has 0 radical (unpaired) electrons. The normalized spacial score (nSPS) is 12.2. The molecular weight excluding hydrogens is 392 g/mol. The third-order valence-corrected chi connectivity index (χ3v) is 5.63. The average Bonchev–Trinajstić information content (AvgIpc) is 2.64. The summed E-state index contributed by atoms with van der Waals surface area (Å²) in [6, 6.07) is 10.7. The number of carbonyl (C=O) groups is 2. The molecule has 8 heteroatoms. The molecule has 0 unspecified atom stereocenters. The summed E-state index contributed by atoms with van der Waals surface area (Å²) in [6.07, 6.45) is 1.06. The highest BCUT2D eigenvalue weighted by Gasteiger charge is 2.29. The molecule has 0 saturated carbocycles. The van der Waals surface area contributed by atoms with Crippen molar-refractivity contribution in [2.75, 3.05) is 22.5 Å². The van der Waals surface area contributed by atoms with E-state index >= 15 is 0 Å². The zero-order chi connectivity index (χ0) is 21.8. The van der Waals surface area contributed by atoms with Gasteiger partial charge in [0, 0.05) is 5.69 Å². The zero-order valence-electron chi connectivity index (χ0n) is 17.2. The van der Waals surface area contributed by atoms with Crippen LogP contribution in [0.2, 0.25) is 0 Å². The number of carbonyl (C=O) groups excluding carboxylic acids is 2. The van der Waals surface area contributed by atoms with Gasteiger partial charge in [0.15, 0.2) is 0 Å². The van der Waals surface area contributed by atoms with Gasteiger partial charge in [-0.15, -0.1) is 0 Å². The van der Waals surface area contributed by atoms with E-state index in [0.717, 1.165) is 21.7 Å². The lowest BCUT2D eigenvalue weighted by molar-refractivity contribution is -0.116. The molecule has 0 spiro atoms. The van der Waals surface area contributed by atoms with Crippen LogP contribution >= 0.6 is 0 Å². The Bertz CT molecular complexity index is 1000. The molecule has 2 aromatic carbocycles. The molecular formula is C21H26N2O5S. The maximum atomic E-state index is 12.9. The van der Waals surface area contributed by atoms with Crippen molar-refractivity contribution in [1.82, 2.24) is 0 Å². The van der Waals surface area contributed by atoms with Crippen LogP contribution in [0.4, 0.5) is 11.4 Å². The molecule has 0 heterocycles. The Morgan fingerprint density at radius 2 is 1.72 bits per heavy atom. The van der Waals surface area contributed by atoms with Gasteiger partial charge < -0.3 is 10.1 Å². The van der Waals surface area contributed by atoms with Crippen LogP contribution in [0.15, 0.2) is 42.5 Å². The van der Waals surface area contributed by atoms with Crippen LogP contribution in [0.5, 0.6) is 0 Å². The maximum Gasteiger partial charge on any atom is 0.338 e. The fourth-order valence-electron chi connectivity index (χ4n) is 2.84. The fraction of sp³-hybridized carbons (Fsp3) is 0.333. The monoisotopic (exact) mass is 418 g/mol. The standard InChI is InChI=1S/C21H26N2O5S/c1-6-28-21(25)17-10-9-15(3)19(13-17)22-20(24)16(4)23(29(5,26)27)18-11-7-14(2)8-12-18/h7-13,16H,6H2,1-5H3,(H,22,24)/t16-/m1/s1. The molecule has 0 aromatic heterocycles. The second kappa shape index (κ2) is 9.09. The average molecular weight is 419 g/mol. The van der Waals surface area contributed by atoms with Crippen molar-refractivity contribution in [2.45, 2.75) is 33.7 Å². The predicted octanol–water partition coefficient (Wildman–Crippen LogP) is 3.27. The summed E-state index contributed by atoms with van der Waals surface area (Å²) in [5.41, 5.74) is 2.84. The summed E-state index contributed by atoms with van der Waals surface area (Å²) in [5.74, 6) is -1.01. The van der Waals surface area contributed by atoms with E-state index in [0.29, 0.717) is 16.9 Å². The molecule has 1 amide bonds. The number of amides is 1. The first kappa shape index (κ1) is 22.4. The van der Waals surface area contributed by atoms with Gasteiger partial charge in [-0.25, -0.2) is 13.2 Å². The molecule has 0 aliphatic carbocycles. The number of esters is 1. The van der Waals surface area contributed by atoms with Crippen molar-refractivity contribution in [2.24, 2.45) is 0 Å². The molecule has 156 valence electrons. The highest BCUT2D eigenvalue weighted by Crippen LogP contribution is 2.23. The summed E-state index contributed by atoms with van der Waals surface area (Å²) >= 11 is 0. The van der Waals surface area contributed by atoms with E-state index in [-0.39, 0.29) is 6.61 Å². The van der Waals surface area contributed by atoms with E-state index in [1.165, 1.54) is 13.0 Å². The topological polar surface area (TPSA) is 92.8 Å². The lowest BCUT2D eigenvalue weighted by Crippen LogP contribution is -2.45. The van der Waals surface area contributed by atoms with Gasteiger partial charge in [-0.3, -0.25) is 9.10 Å². The molecule has 7 nitrogen and oxygen atoms in total. The first-order chi connectivity index (χ1) is 13.5. The van der Waals surface area contributed by atoms with Crippen molar-refractivity contribution < 1.29 is 22.7 Å². The summed E-state index contributed by atoms with van der Waals surface area (Å²) in [4.78, 5) is 24.8. The summed E-state index contributed by atoms with van der Waals surface area (Å²) in [5, 5.41) is 2.73. The molecule has 2 aromatic rings. The second-order valence-electron chi connectivity index (χ2n) is 6.81. The largest absolute Gasteiger partial charge is 0.462 e.